The maximum absolute atomic E-state index is 12.9. The number of carbonyl (C=O) groups excluding carboxylic acids is 2. The maximum atomic E-state index is 12.9. The Morgan fingerprint density at radius 2 is 0.671 bits per heavy atom. The molecule has 0 bridgehead atoms. The molecule has 0 saturated carbocycles. The molecule has 0 aliphatic carbocycles. The van der Waals surface area contributed by atoms with Gasteiger partial charge in [-0.25, -0.2) is 4.79 Å². The van der Waals surface area contributed by atoms with Crippen LogP contribution >= 0.6 is 0 Å². The summed E-state index contributed by atoms with van der Waals surface area (Å²) in [6.07, 6.45) is 88.2. The van der Waals surface area contributed by atoms with E-state index in [1.54, 1.807) is 0 Å². The number of esters is 2. The second-order valence-corrected chi connectivity index (χ2v) is 24.8. The molecule has 0 aromatic heterocycles. The molecule has 9 nitrogen and oxygen atoms in total. The van der Waals surface area contributed by atoms with Gasteiger partial charge < -0.3 is 28.5 Å². The highest BCUT2D eigenvalue weighted by molar-refractivity contribution is 5.71. The van der Waals surface area contributed by atoms with E-state index < -0.39 is 24.3 Å². The fourth-order valence-electron chi connectivity index (χ4n) is 9.93. The number of rotatable bonds is 65. The van der Waals surface area contributed by atoms with E-state index in [0.29, 0.717) is 11.0 Å². The van der Waals surface area contributed by atoms with Crippen LogP contribution in [0.1, 0.15) is 309 Å². The van der Waals surface area contributed by atoms with Crippen molar-refractivity contribution in [3.05, 3.63) is 97.2 Å². The van der Waals surface area contributed by atoms with Gasteiger partial charge in [0.25, 0.3) is 6.29 Å². The zero-order valence-corrected chi connectivity index (χ0v) is 56.0. The molecule has 0 fully saturated rings. The van der Waals surface area contributed by atoms with E-state index in [4.69, 9.17) is 18.9 Å². The van der Waals surface area contributed by atoms with Crippen molar-refractivity contribution in [1.82, 2.24) is 0 Å². The average molecular weight is 1190 g/mol. The third-order valence-corrected chi connectivity index (χ3v) is 15.3. The Labute approximate surface area is 524 Å². The van der Waals surface area contributed by atoms with E-state index in [1.807, 2.05) is 21.1 Å². The molecular formula is C76H134NO8+. The Bertz CT molecular complexity index is 1720. The van der Waals surface area contributed by atoms with Crippen molar-refractivity contribution in [2.45, 2.75) is 322 Å². The number of quaternary nitrogens is 1. The smallest absolute Gasteiger partial charge is 0.361 e. The van der Waals surface area contributed by atoms with Crippen molar-refractivity contribution in [2.24, 2.45) is 0 Å². The third-order valence-electron chi connectivity index (χ3n) is 15.3. The molecule has 1 N–H and O–H groups in total. The minimum absolute atomic E-state index is 0.184. The maximum Gasteiger partial charge on any atom is 0.361 e. The first-order chi connectivity index (χ1) is 41.6. The van der Waals surface area contributed by atoms with Crippen molar-refractivity contribution in [3.63, 3.8) is 0 Å². The van der Waals surface area contributed by atoms with Crippen LogP contribution in [0.25, 0.3) is 0 Å². The van der Waals surface area contributed by atoms with Crippen LogP contribution in [0.5, 0.6) is 0 Å². The van der Waals surface area contributed by atoms with Crippen LogP contribution in [0.15, 0.2) is 97.2 Å². The number of allylic oxidation sites excluding steroid dienone is 16. The average Bonchev–Trinajstić information content (AvgIpc) is 3.49. The minimum Gasteiger partial charge on any atom is -0.477 e. The van der Waals surface area contributed by atoms with Crippen LogP contribution in [0.2, 0.25) is 0 Å². The van der Waals surface area contributed by atoms with Gasteiger partial charge in [-0.1, -0.05) is 297 Å². The summed E-state index contributed by atoms with van der Waals surface area (Å²) in [4.78, 5) is 37.6. The van der Waals surface area contributed by atoms with Crippen molar-refractivity contribution in [1.29, 1.82) is 0 Å². The first kappa shape index (κ1) is 81.2. The number of hydrogen-bond acceptors (Lipinski definition) is 7. The zero-order chi connectivity index (χ0) is 61.9. The highest BCUT2D eigenvalue weighted by atomic mass is 16.7. The molecule has 0 aromatic carbocycles. The van der Waals surface area contributed by atoms with Crippen LogP contribution in [0.4, 0.5) is 0 Å². The van der Waals surface area contributed by atoms with Crippen LogP contribution < -0.4 is 0 Å². The molecule has 0 aliphatic heterocycles. The van der Waals surface area contributed by atoms with Crippen LogP contribution in [-0.2, 0) is 33.3 Å². The fraction of sp³-hybridized carbons (Fsp3) is 0.750. The minimum atomic E-state index is -1.52. The summed E-state index contributed by atoms with van der Waals surface area (Å²) < 4.78 is 23.0. The van der Waals surface area contributed by atoms with E-state index in [2.05, 4.69) is 111 Å². The summed E-state index contributed by atoms with van der Waals surface area (Å²) in [6, 6.07) is 0. The van der Waals surface area contributed by atoms with Gasteiger partial charge in [0.05, 0.1) is 34.4 Å². The summed E-state index contributed by atoms with van der Waals surface area (Å²) >= 11 is 0. The molecule has 0 heterocycles. The van der Waals surface area contributed by atoms with Gasteiger partial charge in [-0.05, 0) is 96.3 Å². The molecule has 0 spiro atoms. The van der Waals surface area contributed by atoms with E-state index in [-0.39, 0.29) is 38.6 Å². The third kappa shape index (κ3) is 67.6. The molecule has 0 radical (unpaired) electrons. The summed E-state index contributed by atoms with van der Waals surface area (Å²) in [5.74, 6) is -2.01. The van der Waals surface area contributed by atoms with Gasteiger partial charge in [-0.2, -0.15) is 0 Å². The second-order valence-electron chi connectivity index (χ2n) is 24.8. The number of ether oxygens (including phenoxy) is 4. The van der Waals surface area contributed by atoms with E-state index >= 15 is 0 Å². The molecule has 2 unspecified atom stereocenters. The molecule has 490 valence electrons. The Morgan fingerprint density at radius 1 is 0.365 bits per heavy atom. The van der Waals surface area contributed by atoms with Gasteiger partial charge in [0.2, 0.25) is 0 Å². The van der Waals surface area contributed by atoms with Crippen molar-refractivity contribution < 1.29 is 42.9 Å². The topological polar surface area (TPSA) is 108 Å². The van der Waals surface area contributed by atoms with Crippen molar-refractivity contribution >= 4 is 17.9 Å². The van der Waals surface area contributed by atoms with Crippen LogP contribution in [0.3, 0.4) is 0 Å². The number of likely N-dealkylation sites (N-methyl/N-ethyl adjacent to an activating group) is 1. The van der Waals surface area contributed by atoms with E-state index in [9.17, 15) is 19.5 Å². The quantitative estimate of drug-likeness (QED) is 0.0211. The van der Waals surface area contributed by atoms with Crippen molar-refractivity contribution in [3.8, 4) is 0 Å². The monoisotopic (exact) mass is 1190 g/mol. The molecular weight excluding hydrogens is 1050 g/mol. The first-order valence-corrected chi connectivity index (χ1v) is 35.4. The molecule has 0 amide bonds. The van der Waals surface area contributed by atoms with Gasteiger partial charge in [-0.3, -0.25) is 9.59 Å². The fourth-order valence-corrected chi connectivity index (χ4v) is 9.93. The molecule has 0 saturated heterocycles. The van der Waals surface area contributed by atoms with Gasteiger partial charge in [0.15, 0.2) is 6.10 Å². The standard InChI is InChI=1S/C76H133NO8/c1-6-8-10-12-14-16-18-20-22-24-26-28-29-30-31-32-33-34-35-36-37-38-39-40-41-42-43-44-45-47-49-51-53-55-57-59-61-63-65-67-74(79)85-72(71-84-76(75(80)81)82-69-68-77(3,4)5)70-83-73(78)66-64-62-60-58-56-54-52-50-48-46-27-25-23-21-19-17-15-13-11-9-7-2/h8,10,14,16,19-22,25-28,30-31,48,50,72,76H,6-7,9,11-13,15,17-18,23-24,29,32-47,49,51-71H2,1-5H3/p+1/b10-8-,16-14-,21-19-,22-20-,27-25-,28-26-,31-30-,50-48-. The predicted molar refractivity (Wildman–Crippen MR) is 364 cm³/mol. The highest BCUT2D eigenvalue weighted by Crippen LogP contribution is 2.18. The van der Waals surface area contributed by atoms with Gasteiger partial charge in [0, 0.05) is 12.8 Å². The number of nitrogens with zero attached hydrogens (tertiary/aromatic N) is 1. The van der Waals surface area contributed by atoms with Crippen LogP contribution in [-0.4, -0.2) is 87.4 Å². The zero-order valence-electron chi connectivity index (χ0n) is 56.0. The van der Waals surface area contributed by atoms with Gasteiger partial charge >= 0.3 is 17.9 Å². The molecule has 0 rings (SSSR count). The summed E-state index contributed by atoms with van der Waals surface area (Å²) in [7, 11) is 5.97. The highest BCUT2D eigenvalue weighted by Gasteiger charge is 2.25. The predicted octanol–water partition coefficient (Wildman–Crippen LogP) is 22.0. The first-order valence-electron chi connectivity index (χ1n) is 35.4. The molecule has 0 aliphatic rings. The largest absolute Gasteiger partial charge is 0.477 e. The SMILES string of the molecule is CC/C=C\C/C=C\C/C=C\C/C=C\C/C=C\CCCCCCCCCCCCCCCCCCCCCCCCCC(=O)OC(COC(=O)CCCCCCCC/C=C\C/C=C\C/C=C\CCCCCCC)COC(OCC[N+](C)(C)C)C(=O)O. The lowest BCUT2D eigenvalue weighted by Crippen LogP contribution is -2.40. The lowest BCUT2D eigenvalue weighted by molar-refractivity contribution is -0.870. The van der Waals surface area contributed by atoms with Crippen LogP contribution in [0, 0.1) is 0 Å². The summed E-state index contributed by atoms with van der Waals surface area (Å²) in [6.45, 7) is 4.76. The number of carboxylic acids is 1. The Morgan fingerprint density at radius 3 is 1.00 bits per heavy atom. The number of hydrogen-bond donors (Lipinski definition) is 1. The van der Waals surface area contributed by atoms with E-state index in [0.717, 1.165) is 96.3 Å². The van der Waals surface area contributed by atoms with Gasteiger partial charge in [0.1, 0.15) is 13.2 Å². The number of carboxylic acid groups (broad SMARTS) is 1. The Balaban J connectivity index is 4.03. The number of aliphatic carboxylic acids is 1. The normalized spacial score (nSPS) is 13.3. The summed E-state index contributed by atoms with van der Waals surface area (Å²) in [5, 5.41) is 9.74. The number of unbranched alkanes of at least 4 members (excludes halogenated alkanes) is 34. The Kier molecular flexibility index (Phi) is 63.2. The lowest BCUT2D eigenvalue weighted by atomic mass is 10.0. The number of carbonyl (C=O) groups is 3. The molecule has 85 heavy (non-hydrogen) atoms. The summed E-state index contributed by atoms with van der Waals surface area (Å²) in [5.41, 5.74) is 0. The van der Waals surface area contributed by atoms with Gasteiger partial charge in [-0.15, -0.1) is 0 Å². The Hall–Kier alpha value is -3.79. The lowest BCUT2D eigenvalue weighted by Gasteiger charge is -2.25. The van der Waals surface area contributed by atoms with E-state index in [1.165, 1.54) is 186 Å². The molecule has 2 atom stereocenters. The molecule has 0 aromatic rings. The van der Waals surface area contributed by atoms with Crippen molar-refractivity contribution in [2.75, 3.05) is 47.5 Å². The molecule has 9 heteroatoms. The second kappa shape index (κ2) is 66.2.